The molecule has 1 amide bonds. The molecule has 0 fully saturated rings. The van der Waals surface area contributed by atoms with Crippen LogP contribution in [0.1, 0.15) is 26.6 Å². The summed E-state index contributed by atoms with van der Waals surface area (Å²) in [6.07, 6.45) is 1.70. The Morgan fingerprint density at radius 1 is 1.06 bits per heavy atom. The first kappa shape index (κ1) is 19.8. The second kappa shape index (κ2) is 7.86. The van der Waals surface area contributed by atoms with Crippen molar-refractivity contribution < 1.29 is 18.7 Å². The van der Waals surface area contributed by atoms with Crippen molar-refractivity contribution in [1.29, 1.82) is 0 Å². The molecule has 0 spiro atoms. The van der Waals surface area contributed by atoms with Crippen LogP contribution in [0.15, 0.2) is 77.3 Å². The number of pyridine rings is 1. The predicted octanol–water partition coefficient (Wildman–Crippen LogP) is 5.23. The Bertz CT molecular complexity index is 1500. The normalized spacial score (nSPS) is 11.1. The van der Waals surface area contributed by atoms with Gasteiger partial charge in [-0.1, -0.05) is 41.9 Å². The van der Waals surface area contributed by atoms with E-state index >= 15 is 0 Å². The van der Waals surface area contributed by atoms with Gasteiger partial charge in [-0.25, -0.2) is 4.52 Å². The van der Waals surface area contributed by atoms with Gasteiger partial charge in [0.1, 0.15) is 11.3 Å². The summed E-state index contributed by atoms with van der Waals surface area (Å²) in [5, 5.41) is 7.86. The number of para-hydroxylation sites is 1. The maximum atomic E-state index is 13.3. The summed E-state index contributed by atoms with van der Waals surface area (Å²) in [5.41, 5.74) is 1.73. The van der Waals surface area contributed by atoms with Crippen molar-refractivity contribution in [1.82, 2.24) is 9.61 Å². The van der Waals surface area contributed by atoms with Crippen molar-refractivity contribution in [2.75, 3.05) is 12.4 Å². The van der Waals surface area contributed by atoms with E-state index in [0.29, 0.717) is 27.8 Å². The van der Waals surface area contributed by atoms with Crippen molar-refractivity contribution >= 4 is 45.5 Å². The van der Waals surface area contributed by atoms with E-state index in [0.717, 1.165) is 0 Å². The number of hydrogen-bond donors (Lipinski definition) is 1. The van der Waals surface area contributed by atoms with Crippen molar-refractivity contribution in [3.05, 3.63) is 95.0 Å². The lowest BCUT2D eigenvalue weighted by atomic mass is 10.1. The van der Waals surface area contributed by atoms with Crippen LogP contribution in [0.25, 0.3) is 16.5 Å². The number of halogens is 1. The van der Waals surface area contributed by atoms with Gasteiger partial charge in [-0.3, -0.25) is 9.59 Å². The van der Waals surface area contributed by atoms with E-state index in [4.69, 9.17) is 20.8 Å². The van der Waals surface area contributed by atoms with E-state index in [1.165, 1.54) is 11.6 Å². The molecule has 1 N–H and O–H groups in total. The third kappa shape index (κ3) is 3.29. The summed E-state index contributed by atoms with van der Waals surface area (Å²) in [6, 6.07) is 19.1. The Morgan fingerprint density at radius 2 is 1.88 bits per heavy atom. The number of hydrogen-bond acceptors (Lipinski definition) is 5. The van der Waals surface area contributed by atoms with Gasteiger partial charge in [-0.05, 0) is 36.4 Å². The highest BCUT2D eigenvalue weighted by Crippen LogP contribution is 2.34. The molecule has 158 valence electrons. The van der Waals surface area contributed by atoms with Crippen LogP contribution in [-0.2, 0) is 0 Å². The number of ether oxygens (including phenoxy) is 1. The average Bonchev–Trinajstić information content (AvgIpc) is 3.37. The number of furan rings is 1. The lowest BCUT2D eigenvalue weighted by molar-refractivity contribution is 0.101. The number of rotatable bonds is 5. The minimum atomic E-state index is -0.551. The Kier molecular flexibility index (Phi) is 4.88. The number of amides is 1. The highest BCUT2D eigenvalue weighted by molar-refractivity contribution is 6.37. The maximum absolute atomic E-state index is 13.3. The number of benzene rings is 2. The molecule has 5 rings (SSSR count). The quantitative estimate of drug-likeness (QED) is 0.374. The molecule has 0 unspecified atom stereocenters. The van der Waals surface area contributed by atoms with Gasteiger partial charge in [-0.15, -0.1) is 0 Å². The number of carbonyl (C=O) groups is 2. The van der Waals surface area contributed by atoms with Crippen molar-refractivity contribution in [2.24, 2.45) is 0 Å². The first-order valence-corrected chi connectivity index (χ1v) is 10.1. The first-order chi connectivity index (χ1) is 15.6. The van der Waals surface area contributed by atoms with E-state index in [-0.39, 0.29) is 22.2 Å². The fourth-order valence-electron chi connectivity index (χ4n) is 3.51. The van der Waals surface area contributed by atoms with Gasteiger partial charge in [0.05, 0.1) is 23.3 Å². The Balaban J connectivity index is 1.59. The summed E-state index contributed by atoms with van der Waals surface area (Å²) in [6.45, 7) is 0. The number of ketones is 1. The number of nitrogens with zero attached hydrogens (tertiary/aromatic N) is 2. The van der Waals surface area contributed by atoms with E-state index in [1.807, 2.05) is 0 Å². The SMILES string of the molecule is COc1cccc(C(=O)c2oc3ccccc3c2NC(=O)c2nn3ccccc3c2Cl)c1. The smallest absolute Gasteiger partial charge is 0.277 e. The zero-order chi connectivity index (χ0) is 22.2. The highest BCUT2D eigenvalue weighted by atomic mass is 35.5. The van der Waals surface area contributed by atoms with Gasteiger partial charge in [0.25, 0.3) is 5.91 Å². The van der Waals surface area contributed by atoms with Crippen LogP contribution < -0.4 is 10.1 Å². The van der Waals surface area contributed by atoms with E-state index < -0.39 is 11.7 Å². The molecule has 0 bridgehead atoms. The van der Waals surface area contributed by atoms with Gasteiger partial charge < -0.3 is 14.5 Å². The van der Waals surface area contributed by atoms with Crippen LogP contribution in [0.5, 0.6) is 5.75 Å². The molecular weight excluding hydrogens is 430 g/mol. The summed E-state index contributed by atoms with van der Waals surface area (Å²) in [7, 11) is 1.52. The minimum Gasteiger partial charge on any atom is -0.497 e. The average molecular weight is 446 g/mol. The number of methoxy groups -OCH3 is 1. The zero-order valence-corrected chi connectivity index (χ0v) is 17.6. The second-order valence-corrected chi connectivity index (χ2v) is 7.39. The number of carbonyl (C=O) groups excluding carboxylic acids is 2. The molecule has 0 aliphatic rings. The first-order valence-electron chi connectivity index (χ1n) is 9.71. The monoisotopic (exact) mass is 445 g/mol. The molecule has 3 heterocycles. The fourth-order valence-corrected chi connectivity index (χ4v) is 3.78. The maximum Gasteiger partial charge on any atom is 0.277 e. The van der Waals surface area contributed by atoms with Crippen LogP contribution in [0.3, 0.4) is 0 Å². The Hall–Kier alpha value is -4.10. The summed E-state index contributed by atoms with van der Waals surface area (Å²) in [4.78, 5) is 26.4. The second-order valence-electron chi connectivity index (χ2n) is 7.01. The number of aromatic nitrogens is 2. The summed E-state index contributed by atoms with van der Waals surface area (Å²) >= 11 is 6.39. The van der Waals surface area contributed by atoms with Crippen LogP contribution in [-0.4, -0.2) is 28.4 Å². The van der Waals surface area contributed by atoms with Crippen molar-refractivity contribution in [3.63, 3.8) is 0 Å². The number of anilines is 1. The number of nitrogens with one attached hydrogen (secondary N) is 1. The van der Waals surface area contributed by atoms with E-state index in [2.05, 4.69) is 10.4 Å². The molecule has 0 atom stereocenters. The standard InChI is InChI=1S/C24H16ClN3O4/c1-31-15-8-6-7-14(13-15)22(29)23-20(16-9-2-3-11-18(16)32-23)26-24(30)21-19(25)17-10-4-5-12-28(17)27-21/h2-13H,1H3,(H,26,30). The lowest BCUT2D eigenvalue weighted by Crippen LogP contribution is -2.15. The van der Waals surface area contributed by atoms with Crippen LogP contribution >= 0.6 is 11.6 Å². The Morgan fingerprint density at radius 3 is 2.69 bits per heavy atom. The molecule has 8 heteroatoms. The summed E-state index contributed by atoms with van der Waals surface area (Å²) < 4.78 is 12.6. The van der Waals surface area contributed by atoms with Gasteiger partial charge in [0.15, 0.2) is 11.5 Å². The molecular formula is C24H16ClN3O4. The molecule has 5 aromatic rings. The Labute approximate surface area is 187 Å². The molecule has 2 aromatic carbocycles. The molecule has 0 saturated heterocycles. The minimum absolute atomic E-state index is 0.00712. The fraction of sp³-hybridized carbons (Fsp3) is 0.0417. The van der Waals surface area contributed by atoms with Gasteiger partial charge in [-0.2, -0.15) is 5.10 Å². The summed E-state index contributed by atoms with van der Waals surface area (Å²) in [5.74, 6) is -0.400. The zero-order valence-electron chi connectivity index (χ0n) is 16.8. The van der Waals surface area contributed by atoms with E-state index in [9.17, 15) is 9.59 Å². The van der Waals surface area contributed by atoms with Gasteiger partial charge >= 0.3 is 0 Å². The molecule has 0 aliphatic carbocycles. The topological polar surface area (TPSA) is 85.8 Å². The third-order valence-corrected chi connectivity index (χ3v) is 5.44. The van der Waals surface area contributed by atoms with Crippen molar-refractivity contribution in [2.45, 2.75) is 0 Å². The molecule has 0 radical (unpaired) electrons. The van der Waals surface area contributed by atoms with Crippen molar-refractivity contribution in [3.8, 4) is 5.75 Å². The molecule has 0 saturated carbocycles. The molecule has 32 heavy (non-hydrogen) atoms. The number of fused-ring (bicyclic) bond motifs is 2. The lowest BCUT2D eigenvalue weighted by Gasteiger charge is -2.06. The molecule has 0 aliphatic heterocycles. The van der Waals surface area contributed by atoms with Crippen LogP contribution in [0, 0.1) is 0 Å². The largest absolute Gasteiger partial charge is 0.497 e. The highest BCUT2D eigenvalue weighted by Gasteiger charge is 2.26. The van der Waals surface area contributed by atoms with Crippen LogP contribution in [0.4, 0.5) is 5.69 Å². The van der Waals surface area contributed by atoms with E-state index in [1.54, 1.807) is 72.9 Å². The molecule has 7 nitrogen and oxygen atoms in total. The third-order valence-electron chi connectivity index (χ3n) is 5.07. The van der Waals surface area contributed by atoms with Crippen LogP contribution in [0.2, 0.25) is 5.02 Å². The van der Waals surface area contributed by atoms with Gasteiger partial charge in [0, 0.05) is 17.1 Å². The van der Waals surface area contributed by atoms with Gasteiger partial charge in [0.2, 0.25) is 5.78 Å². The molecule has 3 aromatic heterocycles. The predicted molar refractivity (Wildman–Crippen MR) is 121 cm³/mol.